The van der Waals surface area contributed by atoms with E-state index in [9.17, 15) is 14.3 Å². The van der Waals surface area contributed by atoms with E-state index in [-0.39, 0.29) is 38.8 Å². The summed E-state index contributed by atoms with van der Waals surface area (Å²) in [6, 6.07) is 0. The van der Waals surface area contributed by atoms with Crippen molar-refractivity contribution in [2.75, 3.05) is 33.0 Å². The zero-order chi connectivity index (χ0) is 42.3. The van der Waals surface area contributed by atoms with Gasteiger partial charge in [-0.25, -0.2) is 4.57 Å². The van der Waals surface area contributed by atoms with Crippen molar-refractivity contribution < 1.29 is 32.8 Å². The van der Waals surface area contributed by atoms with E-state index < -0.39 is 13.9 Å². The molecule has 0 aromatic carbocycles. The molecule has 0 aliphatic carbocycles. The number of nitrogens with two attached hydrogens (primary N) is 1. The Morgan fingerprint density at radius 1 is 0.534 bits per heavy atom. The number of hydrogen-bond acceptors (Lipinski definition) is 7. The van der Waals surface area contributed by atoms with E-state index in [1.807, 2.05) is 0 Å². The second kappa shape index (κ2) is 45.5. The van der Waals surface area contributed by atoms with Crippen LogP contribution in [0.4, 0.5) is 0 Å². The lowest BCUT2D eigenvalue weighted by atomic mass is 10.1. The second-order valence-electron chi connectivity index (χ2n) is 14.5. The van der Waals surface area contributed by atoms with E-state index in [4.69, 9.17) is 24.3 Å². The summed E-state index contributed by atoms with van der Waals surface area (Å²) in [7, 11) is -4.30. The van der Waals surface area contributed by atoms with Gasteiger partial charge >= 0.3 is 13.8 Å². The van der Waals surface area contributed by atoms with Crippen molar-refractivity contribution in [2.45, 2.75) is 174 Å². The van der Waals surface area contributed by atoms with Gasteiger partial charge in [-0.2, -0.15) is 0 Å². The monoisotopic (exact) mass is 830 g/mol. The van der Waals surface area contributed by atoms with Gasteiger partial charge < -0.3 is 20.1 Å². The van der Waals surface area contributed by atoms with Gasteiger partial charge in [0.05, 0.1) is 19.8 Å². The number of phosphoric ester groups is 1. The van der Waals surface area contributed by atoms with E-state index in [1.165, 1.54) is 57.8 Å². The normalized spacial score (nSPS) is 14.3. The van der Waals surface area contributed by atoms with Crippen molar-refractivity contribution in [3.8, 4) is 0 Å². The van der Waals surface area contributed by atoms with Crippen molar-refractivity contribution in [3.63, 3.8) is 0 Å². The lowest BCUT2D eigenvalue weighted by Crippen LogP contribution is -2.28. The highest BCUT2D eigenvalue weighted by Crippen LogP contribution is 2.43. The molecule has 2 atom stereocenters. The van der Waals surface area contributed by atoms with E-state index in [1.54, 1.807) is 0 Å². The molecule has 9 heteroatoms. The number of hydrogen-bond donors (Lipinski definition) is 2. The maximum absolute atomic E-state index is 12.6. The highest BCUT2D eigenvalue weighted by molar-refractivity contribution is 7.47. The molecule has 0 radical (unpaired) electrons. The lowest BCUT2D eigenvalue weighted by Gasteiger charge is -2.20. The summed E-state index contributed by atoms with van der Waals surface area (Å²) in [5, 5.41) is 0. The minimum atomic E-state index is -4.30. The zero-order valence-electron chi connectivity index (χ0n) is 36.7. The summed E-state index contributed by atoms with van der Waals surface area (Å²) < 4.78 is 33.4. The standard InChI is InChI=1S/C49H84NO7P/c1-3-5-7-9-11-13-15-17-19-20-21-22-23-24-25-26-27-28-29-30-32-34-36-38-40-42-49(51)57-48(47-56-58(52,53)55-45-43-50)46-54-44-41-39-37-35-33-31-18-16-14-12-10-8-6-4-2/h5,7,11,13-14,16-17,19,21-22,24-25,27-28,30,32,48H,3-4,6,8-10,12,15,18,20,23,26,29,31,33-47,50H2,1-2H3,(H,52,53)/b7-5-,13-11-,16-14-,19-17-,22-21-,25-24-,28-27-,32-30-. The number of unbranched alkanes of at least 4 members (excludes halogenated alkanes) is 13. The Labute approximate surface area is 355 Å². The van der Waals surface area contributed by atoms with Gasteiger partial charge in [-0.15, -0.1) is 0 Å². The first-order valence-corrected chi connectivity index (χ1v) is 24.2. The van der Waals surface area contributed by atoms with Crippen LogP contribution < -0.4 is 5.73 Å². The molecule has 0 aromatic heterocycles. The zero-order valence-corrected chi connectivity index (χ0v) is 37.6. The molecule has 0 spiro atoms. The van der Waals surface area contributed by atoms with Crippen LogP contribution in [0.1, 0.15) is 168 Å². The van der Waals surface area contributed by atoms with Crippen LogP contribution in [0.2, 0.25) is 0 Å². The van der Waals surface area contributed by atoms with E-state index in [2.05, 4.69) is 111 Å². The van der Waals surface area contributed by atoms with Crippen molar-refractivity contribution in [1.29, 1.82) is 0 Å². The molecule has 332 valence electrons. The van der Waals surface area contributed by atoms with Gasteiger partial charge in [0.1, 0.15) is 6.10 Å². The quantitative estimate of drug-likeness (QED) is 0.0270. The van der Waals surface area contributed by atoms with Crippen LogP contribution in [-0.2, 0) is 27.9 Å². The Bertz CT molecular complexity index is 1200. The van der Waals surface area contributed by atoms with Crippen molar-refractivity contribution in [2.24, 2.45) is 5.73 Å². The molecule has 3 N–H and O–H groups in total. The molecule has 8 nitrogen and oxygen atoms in total. The smallest absolute Gasteiger partial charge is 0.457 e. The van der Waals surface area contributed by atoms with Gasteiger partial charge in [0.15, 0.2) is 0 Å². The fourth-order valence-corrected chi connectivity index (χ4v) is 6.44. The van der Waals surface area contributed by atoms with Crippen LogP contribution in [0.15, 0.2) is 97.2 Å². The lowest BCUT2D eigenvalue weighted by molar-refractivity contribution is -0.154. The molecule has 58 heavy (non-hydrogen) atoms. The molecule has 0 aliphatic heterocycles. The van der Waals surface area contributed by atoms with Crippen molar-refractivity contribution in [1.82, 2.24) is 0 Å². The van der Waals surface area contributed by atoms with Crippen LogP contribution in [0.5, 0.6) is 0 Å². The van der Waals surface area contributed by atoms with Crippen LogP contribution in [-0.4, -0.2) is 49.9 Å². The molecule has 0 aromatic rings. The maximum atomic E-state index is 12.6. The average Bonchev–Trinajstić information content (AvgIpc) is 3.21. The first kappa shape index (κ1) is 55.4. The molecule has 0 bridgehead atoms. The number of carbonyl (C=O) groups is 1. The minimum absolute atomic E-state index is 0.0882. The van der Waals surface area contributed by atoms with Crippen LogP contribution in [0.25, 0.3) is 0 Å². The van der Waals surface area contributed by atoms with Gasteiger partial charge in [0.2, 0.25) is 0 Å². The fourth-order valence-electron chi connectivity index (χ4n) is 5.68. The van der Waals surface area contributed by atoms with E-state index >= 15 is 0 Å². The third-order valence-corrected chi connectivity index (χ3v) is 9.97. The predicted molar refractivity (Wildman–Crippen MR) is 247 cm³/mol. The molecular weight excluding hydrogens is 746 g/mol. The summed E-state index contributed by atoms with van der Waals surface area (Å²) in [6.45, 7) is 4.71. The molecule has 0 saturated heterocycles. The Balaban J connectivity index is 4.12. The molecule has 0 amide bonds. The topological polar surface area (TPSA) is 117 Å². The number of phosphoric acid groups is 1. The number of ether oxygens (including phenoxy) is 2. The van der Waals surface area contributed by atoms with Crippen molar-refractivity contribution >= 4 is 13.8 Å². The van der Waals surface area contributed by atoms with Gasteiger partial charge in [0.25, 0.3) is 0 Å². The molecular formula is C49H84NO7P. The first-order chi connectivity index (χ1) is 28.4. The maximum Gasteiger partial charge on any atom is 0.472 e. The predicted octanol–water partition coefficient (Wildman–Crippen LogP) is 13.9. The third-order valence-electron chi connectivity index (χ3n) is 8.99. The van der Waals surface area contributed by atoms with Crippen LogP contribution >= 0.6 is 7.82 Å². The van der Waals surface area contributed by atoms with Crippen molar-refractivity contribution in [3.05, 3.63) is 97.2 Å². The van der Waals surface area contributed by atoms with E-state index in [0.717, 1.165) is 83.5 Å². The number of allylic oxidation sites excluding steroid dienone is 16. The molecule has 0 fully saturated rings. The first-order valence-electron chi connectivity index (χ1n) is 22.7. The summed E-state index contributed by atoms with van der Waals surface area (Å²) in [5.74, 6) is -0.368. The average molecular weight is 830 g/mol. The highest BCUT2D eigenvalue weighted by atomic mass is 31.2. The minimum Gasteiger partial charge on any atom is -0.457 e. The Morgan fingerprint density at radius 3 is 1.47 bits per heavy atom. The molecule has 0 rings (SSSR count). The third kappa shape index (κ3) is 44.5. The number of esters is 1. The molecule has 0 aliphatic rings. The second-order valence-corrected chi connectivity index (χ2v) is 16.0. The molecule has 2 unspecified atom stereocenters. The summed E-state index contributed by atoms with van der Waals surface area (Å²) >= 11 is 0. The largest absolute Gasteiger partial charge is 0.472 e. The highest BCUT2D eigenvalue weighted by Gasteiger charge is 2.25. The Hall–Kier alpha value is -2.58. The van der Waals surface area contributed by atoms with Crippen LogP contribution in [0, 0.1) is 0 Å². The van der Waals surface area contributed by atoms with E-state index in [0.29, 0.717) is 13.0 Å². The Morgan fingerprint density at radius 2 is 0.966 bits per heavy atom. The summed E-state index contributed by atoms with van der Waals surface area (Å²) in [6.07, 6.45) is 60.0. The molecule has 0 saturated carbocycles. The number of carbonyl (C=O) groups excluding carboxylic acids is 1. The van der Waals surface area contributed by atoms with Gasteiger partial charge in [0, 0.05) is 19.6 Å². The SMILES string of the molecule is CC/C=C\C/C=C\C/C=C\C/C=C\C/C=C\C/C=C\C/C=C\CCCCCC(=O)OC(COCCCCCCCC/C=C\CCCCCC)COP(=O)(O)OCCN. The van der Waals surface area contributed by atoms with Gasteiger partial charge in [-0.3, -0.25) is 13.8 Å². The van der Waals surface area contributed by atoms with Crippen LogP contribution in [0.3, 0.4) is 0 Å². The Kier molecular flexibility index (Phi) is 43.5. The molecule has 0 heterocycles. The summed E-state index contributed by atoms with van der Waals surface area (Å²) in [5.41, 5.74) is 5.37. The van der Waals surface area contributed by atoms with Gasteiger partial charge in [-0.05, 0) is 96.3 Å². The van der Waals surface area contributed by atoms with Gasteiger partial charge in [-0.1, -0.05) is 162 Å². The summed E-state index contributed by atoms with van der Waals surface area (Å²) in [4.78, 5) is 22.5. The fraction of sp³-hybridized carbons (Fsp3) is 0.653. The number of rotatable bonds is 42.